The van der Waals surface area contributed by atoms with E-state index in [4.69, 9.17) is 5.11 Å². The summed E-state index contributed by atoms with van der Waals surface area (Å²) in [6.07, 6.45) is 0.772. The van der Waals surface area contributed by atoms with Crippen LogP contribution in [0, 0.1) is 0 Å². The van der Waals surface area contributed by atoms with E-state index in [-0.39, 0.29) is 11.8 Å². The molecule has 90 valence electrons. The second kappa shape index (κ2) is 5.60. The number of nitrogens with one attached hydrogen (secondary N) is 1. The third kappa shape index (κ3) is 3.62. The Labute approximate surface area is 94.3 Å². The van der Waals surface area contributed by atoms with Gasteiger partial charge in [-0.1, -0.05) is 0 Å². The molecular weight excluding hydrogens is 210 g/mol. The van der Waals surface area contributed by atoms with Gasteiger partial charge >= 0.3 is 0 Å². The Morgan fingerprint density at radius 3 is 2.88 bits per heavy atom. The van der Waals surface area contributed by atoms with Crippen LogP contribution in [0.15, 0.2) is 5.10 Å². The van der Waals surface area contributed by atoms with Crippen LogP contribution in [0.3, 0.4) is 0 Å². The molecule has 1 rings (SSSR count). The van der Waals surface area contributed by atoms with Crippen LogP contribution in [0.5, 0.6) is 0 Å². The maximum atomic E-state index is 11.6. The quantitative estimate of drug-likeness (QED) is 0.678. The lowest BCUT2D eigenvalue weighted by molar-refractivity contribution is -0.130. The molecule has 16 heavy (non-hydrogen) atoms. The Bertz CT molecular complexity index is 312. The first kappa shape index (κ1) is 12.6. The minimum Gasteiger partial charge on any atom is -0.393 e. The maximum absolute atomic E-state index is 11.6. The number of aliphatic hydroxyl groups is 1. The molecule has 1 atom stereocenters. The molecule has 0 aromatic heterocycles. The molecule has 0 spiro atoms. The van der Waals surface area contributed by atoms with Crippen molar-refractivity contribution in [1.82, 2.24) is 10.3 Å². The molecular formula is C10H17N3O3. The van der Waals surface area contributed by atoms with Crippen molar-refractivity contribution in [3.8, 4) is 0 Å². The van der Waals surface area contributed by atoms with Gasteiger partial charge in [0.15, 0.2) is 0 Å². The molecule has 0 aromatic carbocycles. The van der Waals surface area contributed by atoms with Crippen LogP contribution >= 0.6 is 0 Å². The number of amides is 2. The van der Waals surface area contributed by atoms with Gasteiger partial charge < -0.3 is 10.4 Å². The van der Waals surface area contributed by atoms with Crippen LogP contribution in [0.4, 0.5) is 0 Å². The van der Waals surface area contributed by atoms with Crippen LogP contribution in [-0.2, 0) is 9.59 Å². The molecule has 0 radical (unpaired) electrons. The van der Waals surface area contributed by atoms with E-state index in [2.05, 4.69) is 10.4 Å². The number of nitrogens with zero attached hydrogens (tertiary/aromatic N) is 2. The minimum atomic E-state index is -0.433. The van der Waals surface area contributed by atoms with E-state index in [1.807, 2.05) is 0 Å². The molecule has 0 saturated carbocycles. The predicted octanol–water partition coefficient (Wildman–Crippen LogP) is -0.518. The molecule has 6 heteroatoms. The number of rotatable bonds is 4. The Morgan fingerprint density at radius 1 is 1.62 bits per heavy atom. The molecule has 0 aromatic rings. The van der Waals surface area contributed by atoms with Gasteiger partial charge in [0.2, 0.25) is 5.91 Å². The van der Waals surface area contributed by atoms with E-state index in [0.29, 0.717) is 31.5 Å². The molecule has 0 fully saturated rings. The average molecular weight is 227 g/mol. The number of carbonyl (C=O) groups is 2. The second-order valence-electron chi connectivity index (χ2n) is 3.86. The minimum absolute atomic E-state index is 0.0828. The topological polar surface area (TPSA) is 82.0 Å². The normalized spacial score (nSPS) is 18.1. The van der Waals surface area contributed by atoms with E-state index < -0.39 is 6.10 Å². The van der Waals surface area contributed by atoms with Gasteiger partial charge in [0.05, 0.1) is 6.10 Å². The summed E-state index contributed by atoms with van der Waals surface area (Å²) >= 11 is 0. The average Bonchev–Trinajstić information content (AvgIpc) is 2.21. The van der Waals surface area contributed by atoms with Gasteiger partial charge in [-0.05, 0) is 13.3 Å². The molecule has 0 bridgehead atoms. The van der Waals surface area contributed by atoms with Crippen molar-refractivity contribution in [2.75, 3.05) is 13.6 Å². The monoisotopic (exact) mass is 227 g/mol. The molecule has 0 unspecified atom stereocenters. The number of hydrazone groups is 1. The van der Waals surface area contributed by atoms with Gasteiger partial charge in [-0.15, -0.1) is 0 Å². The van der Waals surface area contributed by atoms with Crippen LogP contribution < -0.4 is 5.32 Å². The zero-order valence-electron chi connectivity index (χ0n) is 9.56. The lowest BCUT2D eigenvalue weighted by atomic mass is 10.1. The van der Waals surface area contributed by atoms with Gasteiger partial charge in [0.25, 0.3) is 5.91 Å². The van der Waals surface area contributed by atoms with Crippen LogP contribution in [0.2, 0.25) is 0 Å². The first-order valence-corrected chi connectivity index (χ1v) is 5.31. The highest BCUT2D eigenvalue weighted by Gasteiger charge is 2.21. The number of carbonyl (C=O) groups excluding carboxylic acids is 2. The molecule has 2 N–H and O–H groups in total. The molecule has 2 amide bonds. The predicted molar refractivity (Wildman–Crippen MR) is 58.7 cm³/mol. The summed E-state index contributed by atoms with van der Waals surface area (Å²) in [5, 5.41) is 16.7. The van der Waals surface area contributed by atoms with Crippen LogP contribution in [0.1, 0.15) is 26.2 Å². The van der Waals surface area contributed by atoms with Crippen molar-refractivity contribution in [3.05, 3.63) is 0 Å². The largest absolute Gasteiger partial charge is 0.393 e. The molecule has 1 aliphatic rings. The summed E-state index contributed by atoms with van der Waals surface area (Å²) in [6, 6.07) is 0. The summed E-state index contributed by atoms with van der Waals surface area (Å²) in [7, 11) is 1.53. The van der Waals surface area contributed by atoms with Crippen LogP contribution in [-0.4, -0.2) is 47.3 Å². The molecule has 0 aliphatic carbocycles. The summed E-state index contributed by atoms with van der Waals surface area (Å²) in [6.45, 7) is 2.07. The first-order valence-electron chi connectivity index (χ1n) is 5.31. The Morgan fingerprint density at radius 2 is 2.31 bits per heavy atom. The van der Waals surface area contributed by atoms with Crippen molar-refractivity contribution in [1.29, 1.82) is 0 Å². The standard InChI is InChI=1S/C10H17N3O3/c1-7(14)5-6-11-10(16)8-3-4-9(15)13(2)12-8/h7,14H,3-6H2,1-2H3,(H,11,16)/t7-/m1/s1. The molecule has 1 aliphatic heterocycles. The van der Waals surface area contributed by atoms with E-state index in [1.165, 1.54) is 12.1 Å². The van der Waals surface area contributed by atoms with Crippen molar-refractivity contribution in [2.45, 2.75) is 32.3 Å². The Hall–Kier alpha value is -1.43. The molecule has 6 nitrogen and oxygen atoms in total. The van der Waals surface area contributed by atoms with E-state index in [9.17, 15) is 9.59 Å². The lowest BCUT2D eigenvalue weighted by Crippen LogP contribution is -2.38. The zero-order valence-corrected chi connectivity index (χ0v) is 9.56. The number of hydrogen-bond donors (Lipinski definition) is 2. The zero-order chi connectivity index (χ0) is 12.1. The molecule has 1 heterocycles. The Kier molecular flexibility index (Phi) is 4.42. The number of aliphatic hydroxyl groups excluding tert-OH is 1. The summed E-state index contributed by atoms with van der Waals surface area (Å²) in [5.74, 6) is -0.347. The Balaban J connectivity index is 2.42. The van der Waals surface area contributed by atoms with Crippen molar-refractivity contribution < 1.29 is 14.7 Å². The smallest absolute Gasteiger partial charge is 0.267 e. The van der Waals surface area contributed by atoms with Crippen LogP contribution in [0.25, 0.3) is 0 Å². The van der Waals surface area contributed by atoms with E-state index in [1.54, 1.807) is 6.92 Å². The van der Waals surface area contributed by atoms with Gasteiger partial charge in [-0.2, -0.15) is 5.10 Å². The maximum Gasteiger partial charge on any atom is 0.267 e. The third-order valence-electron chi connectivity index (χ3n) is 2.32. The first-order chi connectivity index (χ1) is 7.50. The highest BCUT2D eigenvalue weighted by molar-refractivity contribution is 6.39. The van der Waals surface area contributed by atoms with Gasteiger partial charge in [0, 0.05) is 26.4 Å². The summed E-state index contributed by atoms with van der Waals surface area (Å²) < 4.78 is 0. The fourth-order valence-corrected chi connectivity index (χ4v) is 1.33. The number of hydrogen-bond acceptors (Lipinski definition) is 4. The summed E-state index contributed by atoms with van der Waals surface area (Å²) in [4.78, 5) is 22.7. The van der Waals surface area contributed by atoms with Crippen molar-refractivity contribution >= 4 is 17.5 Å². The van der Waals surface area contributed by atoms with Crippen molar-refractivity contribution in [2.24, 2.45) is 5.10 Å². The van der Waals surface area contributed by atoms with Gasteiger partial charge in [-0.25, -0.2) is 5.01 Å². The fraction of sp³-hybridized carbons (Fsp3) is 0.700. The fourth-order valence-electron chi connectivity index (χ4n) is 1.33. The van der Waals surface area contributed by atoms with E-state index in [0.717, 1.165) is 0 Å². The highest BCUT2D eigenvalue weighted by atomic mass is 16.3. The van der Waals surface area contributed by atoms with Gasteiger partial charge in [-0.3, -0.25) is 9.59 Å². The molecule has 0 saturated heterocycles. The third-order valence-corrected chi connectivity index (χ3v) is 2.32. The van der Waals surface area contributed by atoms with Gasteiger partial charge in [0.1, 0.15) is 5.71 Å². The lowest BCUT2D eigenvalue weighted by Gasteiger charge is -2.18. The second-order valence-corrected chi connectivity index (χ2v) is 3.86. The van der Waals surface area contributed by atoms with E-state index >= 15 is 0 Å². The summed E-state index contributed by atoms with van der Waals surface area (Å²) in [5.41, 5.74) is 0.368. The van der Waals surface area contributed by atoms with Crippen molar-refractivity contribution in [3.63, 3.8) is 0 Å². The SMILES string of the molecule is C[C@@H](O)CCNC(=O)C1=NN(C)C(=O)CC1. The highest BCUT2D eigenvalue weighted by Crippen LogP contribution is 2.06.